The van der Waals surface area contributed by atoms with Gasteiger partial charge in [-0.1, -0.05) is 0 Å². The third kappa shape index (κ3) is 2.57. The topological polar surface area (TPSA) is 66.0 Å². The molecule has 1 aliphatic heterocycles. The van der Waals surface area contributed by atoms with Crippen molar-refractivity contribution < 1.29 is 0 Å². The Kier molecular flexibility index (Phi) is 3.16. The first kappa shape index (κ1) is 12.4. The van der Waals surface area contributed by atoms with E-state index in [2.05, 4.69) is 37.4 Å². The molecule has 6 heteroatoms. The maximum Gasteiger partial charge on any atom is 0.231 e. The molecule has 0 amide bonds. The summed E-state index contributed by atoms with van der Waals surface area (Å²) < 4.78 is 0. The van der Waals surface area contributed by atoms with Crippen LogP contribution in [0, 0.1) is 0 Å². The maximum absolute atomic E-state index is 4.58. The van der Waals surface area contributed by atoms with Crippen LogP contribution in [0.25, 0.3) is 0 Å². The standard InChI is InChI=1S/C13H22N6/c1-13(6-5-7-13)18-11-15-10(14-2)16-12(17-11)19-8-3-4-9-19/h3-9H2,1-2H3,(H2,14,15,16,17,18). The lowest BCUT2D eigenvalue weighted by molar-refractivity contribution is 0.304. The lowest BCUT2D eigenvalue weighted by Gasteiger charge is -2.39. The van der Waals surface area contributed by atoms with Gasteiger partial charge in [0.25, 0.3) is 0 Å². The SMILES string of the molecule is CNc1nc(NC2(C)CCC2)nc(N2CCCC2)n1. The van der Waals surface area contributed by atoms with Crippen molar-refractivity contribution in [3.05, 3.63) is 0 Å². The Balaban J connectivity index is 1.83. The van der Waals surface area contributed by atoms with Crippen LogP contribution < -0.4 is 15.5 Å². The fourth-order valence-electron chi connectivity index (χ4n) is 2.69. The third-order valence-corrected chi connectivity index (χ3v) is 4.11. The van der Waals surface area contributed by atoms with Crippen molar-refractivity contribution in [2.75, 3.05) is 35.7 Å². The van der Waals surface area contributed by atoms with Crippen LogP contribution in [-0.4, -0.2) is 40.6 Å². The Morgan fingerprint density at radius 2 is 1.68 bits per heavy atom. The van der Waals surface area contributed by atoms with Gasteiger partial charge in [0.05, 0.1) is 0 Å². The number of aromatic nitrogens is 3. The molecule has 2 aliphatic rings. The van der Waals surface area contributed by atoms with E-state index in [9.17, 15) is 0 Å². The zero-order valence-electron chi connectivity index (χ0n) is 11.7. The van der Waals surface area contributed by atoms with Crippen LogP contribution in [0.5, 0.6) is 0 Å². The van der Waals surface area contributed by atoms with Crippen LogP contribution in [0.2, 0.25) is 0 Å². The molecular weight excluding hydrogens is 240 g/mol. The maximum atomic E-state index is 4.58. The van der Waals surface area contributed by atoms with Crippen LogP contribution >= 0.6 is 0 Å². The molecule has 0 bridgehead atoms. The van der Waals surface area contributed by atoms with Crippen LogP contribution in [0.3, 0.4) is 0 Å². The van der Waals surface area contributed by atoms with E-state index in [-0.39, 0.29) is 5.54 Å². The van der Waals surface area contributed by atoms with Crippen LogP contribution in [-0.2, 0) is 0 Å². The molecule has 2 heterocycles. The van der Waals surface area contributed by atoms with Gasteiger partial charge in [0, 0.05) is 25.7 Å². The van der Waals surface area contributed by atoms with E-state index >= 15 is 0 Å². The molecule has 6 nitrogen and oxygen atoms in total. The van der Waals surface area contributed by atoms with Gasteiger partial charge in [-0.05, 0) is 39.0 Å². The zero-order valence-corrected chi connectivity index (χ0v) is 11.7. The summed E-state index contributed by atoms with van der Waals surface area (Å²) in [7, 11) is 1.85. The molecule has 0 unspecified atom stereocenters. The molecule has 0 radical (unpaired) electrons. The molecule has 1 saturated heterocycles. The Labute approximate surface area is 114 Å². The summed E-state index contributed by atoms with van der Waals surface area (Å²) in [6.45, 7) is 4.32. The second kappa shape index (κ2) is 4.83. The summed E-state index contributed by atoms with van der Waals surface area (Å²) in [4.78, 5) is 15.7. The number of rotatable bonds is 4. The Hall–Kier alpha value is -1.59. The number of nitrogens with zero attached hydrogens (tertiary/aromatic N) is 4. The van der Waals surface area contributed by atoms with Gasteiger partial charge in [-0.3, -0.25) is 0 Å². The van der Waals surface area contributed by atoms with Crippen molar-refractivity contribution >= 4 is 17.8 Å². The molecule has 0 atom stereocenters. The van der Waals surface area contributed by atoms with Gasteiger partial charge >= 0.3 is 0 Å². The molecule has 1 aromatic heterocycles. The molecule has 1 saturated carbocycles. The molecule has 3 rings (SSSR count). The van der Waals surface area contributed by atoms with E-state index in [1.165, 1.54) is 32.1 Å². The molecule has 0 spiro atoms. The number of hydrogen-bond acceptors (Lipinski definition) is 6. The summed E-state index contributed by atoms with van der Waals surface area (Å²) in [5.41, 5.74) is 0.161. The van der Waals surface area contributed by atoms with Gasteiger partial charge in [-0.25, -0.2) is 0 Å². The van der Waals surface area contributed by atoms with E-state index in [0.717, 1.165) is 19.0 Å². The average Bonchev–Trinajstić information content (AvgIpc) is 2.90. The van der Waals surface area contributed by atoms with E-state index in [1.807, 2.05) is 7.05 Å². The number of hydrogen-bond donors (Lipinski definition) is 2. The highest BCUT2D eigenvalue weighted by molar-refractivity contribution is 5.45. The first-order chi connectivity index (χ1) is 9.18. The lowest BCUT2D eigenvalue weighted by atomic mass is 9.79. The molecular formula is C13H22N6. The van der Waals surface area contributed by atoms with Crippen molar-refractivity contribution in [2.45, 2.75) is 44.6 Å². The van der Waals surface area contributed by atoms with E-state index in [0.29, 0.717) is 11.9 Å². The minimum Gasteiger partial charge on any atom is -0.357 e. The first-order valence-corrected chi connectivity index (χ1v) is 7.15. The molecule has 19 heavy (non-hydrogen) atoms. The van der Waals surface area contributed by atoms with Crippen LogP contribution in [0.1, 0.15) is 39.0 Å². The van der Waals surface area contributed by atoms with Crippen molar-refractivity contribution in [3.63, 3.8) is 0 Å². The van der Waals surface area contributed by atoms with Gasteiger partial charge in [-0.2, -0.15) is 15.0 Å². The average molecular weight is 262 g/mol. The highest BCUT2D eigenvalue weighted by Gasteiger charge is 2.32. The lowest BCUT2D eigenvalue weighted by Crippen LogP contribution is -2.42. The summed E-state index contributed by atoms with van der Waals surface area (Å²) in [6, 6.07) is 0. The van der Waals surface area contributed by atoms with Gasteiger partial charge < -0.3 is 15.5 Å². The van der Waals surface area contributed by atoms with E-state index < -0.39 is 0 Å². The summed E-state index contributed by atoms with van der Waals surface area (Å²) in [5.74, 6) is 2.13. The quantitative estimate of drug-likeness (QED) is 0.863. The molecule has 104 valence electrons. The predicted octanol–water partition coefficient (Wildman–Crippen LogP) is 1.87. The molecule has 0 aromatic carbocycles. The summed E-state index contributed by atoms with van der Waals surface area (Å²) in [5, 5.41) is 6.49. The number of anilines is 3. The normalized spacial score (nSPS) is 21.1. The highest BCUT2D eigenvalue weighted by Crippen LogP contribution is 2.34. The van der Waals surface area contributed by atoms with E-state index in [4.69, 9.17) is 0 Å². The minimum absolute atomic E-state index is 0.161. The third-order valence-electron chi connectivity index (χ3n) is 4.11. The van der Waals surface area contributed by atoms with Gasteiger partial charge in [0.2, 0.25) is 17.8 Å². The van der Waals surface area contributed by atoms with E-state index in [1.54, 1.807) is 0 Å². The van der Waals surface area contributed by atoms with Gasteiger partial charge in [0.15, 0.2) is 0 Å². The smallest absolute Gasteiger partial charge is 0.231 e. The number of nitrogens with one attached hydrogen (secondary N) is 2. The monoisotopic (exact) mass is 262 g/mol. The Bertz CT molecular complexity index is 450. The fourth-order valence-corrected chi connectivity index (χ4v) is 2.69. The van der Waals surface area contributed by atoms with Crippen LogP contribution in [0.15, 0.2) is 0 Å². The summed E-state index contributed by atoms with van der Waals surface area (Å²) >= 11 is 0. The second-order valence-corrected chi connectivity index (χ2v) is 5.77. The molecule has 1 aliphatic carbocycles. The van der Waals surface area contributed by atoms with Gasteiger partial charge in [-0.15, -0.1) is 0 Å². The predicted molar refractivity (Wildman–Crippen MR) is 76.7 cm³/mol. The molecule has 2 N–H and O–H groups in total. The Morgan fingerprint density at radius 3 is 2.26 bits per heavy atom. The first-order valence-electron chi connectivity index (χ1n) is 7.15. The van der Waals surface area contributed by atoms with Crippen LogP contribution in [0.4, 0.5) is 17.8 Å². The van der Waals surface area contributed by atoms with Crippen molar-refractivity contribution in [1.82, 2.24) is 15.0 Å². The fraction of sp³-hybridized carbons (Fsp3) is 0.769. The Morgan fingerprint density at radius 1 is 1.00 bits per heavy atom. The zero-order chi connectivity index (χ0) is 13.3. The largest absolute Gasteiger partial charge is 0.357 e. The van der Waals surface area contributed by atoms with Gasteiger partial charge in [0.1, 0.15) is 0 Å². The second-order valence-electron chi connectivity index (χ2n) is 5.77. The van der Waals surface area contributed by atoms with Crippen molar-refractivity contribution in [2.24, 2.45) is 0 Å². The van der Waals surface area contributed by atoms with Crippen molar-refractivity contribution in [3.8, 4) is 0 Å². The minimum atomic E-state index is 0.161. The molecule has 1 aromatic rings. The summed E-state index contributed by atoms with van der Waals surface area (Å²) in [6.07, 6.45) is 6.10. The highest BCUT2D eigenvalue weighted by atomic mass is 15.3. The molecule has 2 fully saturated rings. The van der Waals surface area contributed by atoms with Crippen molar-refractivity contribution in [1.29, 1.82) is 0 Å².